The second-order valence-corrected chi connectivity index (χ2v) is 6.37. The van der Waals surface area contributed by atoms with E-state index in [9.17, 15) is 4.79 Å². The summed E-state index contributed by atoms with van der Waals surface area (Å²) in [6.07, 6.45) is 4.58. The van der Waals surface area contributed by atoms with Crippen LogP contribution in [0.1, 0.15) is 38.7 Å². The van der Waals surface area contributed by atoms with Crippen LogP contribution in [0.25, 0.3) is 0 Å². The first-order valence-corrected chi connectivity index (χ1v) is 8.55. The Kier molecular flexibility index (Phi) is 6.57. The fourth-order valence-corrected chi connectivity index (χ4v) is 2.58. The average Bonchev–Trinajstić information content (AvgIpc) is 3.40. The van der Waals surface area contributed by atoms with E-state index in [0.29, 0.717) is 37.3 Å². The number of carbonyl (C=O) groups is 1. The summed E-state index contributed by atoms with van der Waals surface area (Å²) in [7, 11) is 1.62. The molecule has 1 saturated carbocycles. The molecule has 1 aromatic rings. The highest BCUT2D eigenvalue weighted by molar-refractivity contribution is 5.97. The van der Waals surface area contributed by atoms with Gasteiger partial charge in [-0.2, -0.15) is 0 Å². The van der Waals surface area contributed by atoms with Crippen LogP contribution in [0, 0.1) is 12.8 Å². The lowest BCUT2D eigenvalue weighted by atomic mass is 9.98. The predicted molar refractivity (Wildman–Crippen MR) is 92.3 cm³/mol. The molecule has 6 heteroatoms. The summed E-state index contributed by atoms with van der Waals surface area (Å²) >= 11 is 0. The van der Waals surface area contributed by atoms with Gasteiger partial charge in [0.1, 0.15) is 12.2 Å². The Morgan fingerprint density at radius 1 is 1.38 bits per heavy atom. The number of amides is 1. The van der Waals surface area contributed by atoms with Gasteiger partial charge in [0.15, 0.2) is 0 Å². The molecule has 6 nitrogen and oxygen atoms in total. The quantitative estimate of drug-likeness (QED) is 0.665. The van der Waals surface area contributed by atoms with Crippen molar-refractivity contribution in [2.75, 3.05) is 32.2 Å². The standard InChI is InChI=1S/C18H28N2O4/c1-5-8-24-18(3,14-6-7-14)17(21)20-15-11-13(2)16(19-12-15)23-10-9-22-4/h11-12,14H,5-10H2,1-4H3,(H,20,21). The molecule has 1 atom stereocenters. The lowest BCUT2D eigenvalue weighted by Gasteiger charge is -2.28. The molecule has 1 aliphatic carbocycles. The number of aromatic nitrogens is 1. The number of methoxy groups -OCH3 is 1. The lowest BCUT2D eigenvalue weighted by molar-refractivity contribution is -0.142. The molecule has 0 bridgehead atoms. The van der Waals surface area contributed by atoms with Gasteiger partial charge in [-0.05, 0) is 45.1 Å². The van der Waals surface area contributed by atoms with Gasteiger partial charge >= 0.3 is 0 Å². The van der Waals surface area contributed by atoms with Crippen molar-refractivity contribution in [1.29, 1.82) is 0 Å². The van der Waals surface area contributed by atoms with Crippen LogP contribution in [0.3, 0.4) is 0 Å². The van der Waals surface area contributed by atoms with Gasteiger partial charge in [-0.1, -0.05) is 6.92 Å². The monoisotopic (exact) mass is 336 g/mol. The van der Waals surface area contributed by atoms with E-state index in [-0.39, 0.29) is 5.91 Å². The predicted octanol–water partition coefficient (Wildman–Crippen LogP) is 2.95. The maximum atomic E-state index is 12.7. The molecule has 0 saturated heterocycles. The first-order valence-electron chi connectivity index (χ1n) is 8.55. The minimum atomic E-state index is -0.766. The van der Waals surface area contributed by atoms with E-state index in [4.69, 9.17) is 14.2 Å². The molecule has 1 aliphatic rings. The number of nitrogens with one attached hydrogen (secondary N) is 1. The van der Waals surface area contributed by atoms with Gasteiger partial charge < -0.3 is 19.5 Å². The smallest absolute Gasteiger partial charge is 0.256 e. The molecule has 2 rings (SSSR count). The van der Waals surface area contributed by atoms with E-state index in [1.807, 2.05) is 26.8 Å². The van der Waals surface area contributed by atoms with E-state index in [0.717, 1.165) is 24.8 Å². The number of nitrogens with zero attached hydrogens (tertiary/aromatic N) is 1. The van der Waals surface area contributed by atoms with Gasteiger partial charge in [0.2, 0.25) is 5.88 Å². The number of ether oxygens (including phenoxy) is 3. The third kappa shape index (κ3) is 4.68. The van der Waals surface area contributed by atoms with Crippen LogP contribution in [0.2, 0.25) is 0 Å². The fourth-order valence-electron chi connectivity index (χ4n) is 2.58. The van der Waals surface area contributed by atoms with Crippen LogP contribution in [-0.4, -0.2) is 43.4 Å². The summed E-state index contributed by atoms with van der Waals surface area (Å²) in [5.41, 5.74) is 0.757. The Balaban J connectivity index is 2.01. The third-order valence-corrected chi connectivity index (χ3v) is 4.23. The number of aryl methyl sites for hydroxylation is 1. The van der Waals surface area contributed by atoms with Crippen molar-refractivity contribution in [3.8, 4) is 5.88 Å². The first kappa shape index (κ1) is 18.7. The topological polar surface area (TPSA) is 69.7 Å². The summed E-state index contributed by atoms with van der Waals surface area (Å²) in [4.78, 5) is 17.0. The van der Waals surface area contributed by atoms with Crippen molar-refractivity contribution < 1.29 is 19.0 Å². The van der Waals surface area contributed by atoms with E-state index in [1.165, 1.54) is 0 Å². The Morgan fingerprint density at radius 3 is 2.71 bits per heavy atom. The molecule has 1 N–H and O–H groups in total. The first-order chi connectivity index (χ1) is 11.5. The SMILES string of the molecule is CCCOC(C)(C(=O)Nc1cnc(OCCOC)c(C)c1)C1CC1. The second kappa shape index (κ2) is 8.44. The van der Waals surface area contributed by atoms with Crippen LogP contribution >= 0.6 is 0 Å². The van der Waals surface area contributed by atoms with Crippen LogP contribution < -0.4 is 10.1 Å². The summed E-state index contributed by atoms with van der Waals surface area (Å²) < 4.78 is 16.4. The van der Waals surface area contributed by atoms with Crippen molar-refractivity contribution in [2.45, 2.75) is 45.6 Å². The summed E-state index contributed by atoms with van der Waals surface area (Å²) in [6, 6.07) is 1.86. The molecule has 24 heavy (non-hydrogen) atoms. The van der Waals surface area contributed by atoms with Crippen molar-refractivity contribution in [2.24, 2.45) is 5.92 Å². The Hall–Kier alpha value is -1.66. The maximum absolute atomic E-state index is 12.7. The van der Waals surface area contributed by atoms with Crippen molar-refractivity contribution >= 4 is 11.6 Å². The molecule has 134 valence electrons. The van der Waals surface area contributed by atoms with E-state index in [2.05, 4.69) is 10.3 Å². The largest absolute Gasteiger partial charge is 0.475 e. The Bertz CT molecular complexity index is 560. The number of hydrogen-bond acceptors (Lipinski definition) is 5. The minimum absolute atomic E-state index is 0.104. The van der Waals surface area contributed by atoms with E-state index >= 15 is 0 Å². The molecule has 1 amide bonds. The molecule has 0 aliphatic heterocycles. The molecule has 1 heterocycles. The highest BCUT2D eigenvalue weighted by atomic mass is 16.5. The number of rotatable bonds is 10. The van der Waals surface area contributed by atoms with Crippen LogP contribution in [-0.2, 0) is 14.3 Å². The molecule has 0 spiro atoms. The van der Waals surface area contributed by atoms with Gasteiger partial charge in [0.05, 0.1) is 18.5 Å². The number of hydrogen-bond donors (Lipinski definition) is 1. The zero-order chi connectivity index (χ0) is 17.6. The van der Waals surface area contributed by atoms with Crippen molar-refractivity contribution in [1.82, 2.24) is 4.98 Å². The number of anilines is 1. The highest BCUT2D eigenvalue weighted by Gasteiger charge is 2.48. The third-order valence-electron chi connectivity index (χ3n) is 4.23. The zero-order valence-corrected chi connectivity index (χ0v) is 15.1. The number of pyridine rings is 1. The molecule has 0 radical (unpaired) electrons. The molecule has 1 unspecified atom stereocenters. The van der Waals surface area contributed by atoms with E-state index in [1.54, 1.807) is 13.3 Å². The van der Waals surface area contributed by atoms with Gasteiger partial charge in [0.25, 0.3) is 5.91 Å². The van der Waals surface area contributed by atoms with E-state index < -0.39 is 5.60 Å². The average molecular weight is 336 g/mol. The lowest BCUT2D eigenvalue weighted by Crippen LogP contribution is -2.45. The maximum Gasteiger partial charge on any atom is 0.256 e. The molecular weight excluding hydrogens is 308 g/mol. The zero-order valence-electron chi connectivity index (χ0n) is 15.1. The molecule has 0 aromatic carbocycles. The normalized spacial score (nSPS) is 16.5. The summed E-state index contributed by atoms with van der Waals surface area (Å²) in [5, 5.41) is 2.94. The van der Waals surface area contributed by atoms with Crippen LogP contribution in [0.4, 0.5) is 5.69 Å². The summed E-state index contributed by atoms with van der Waals surface area (Å²) in [5.74, 6) is 0.750. The molecular formula is C18H28N2O4. The fraction of sp³-hybridized carbons (Fsp3) is 0.667. The van der Waals surface area contributed by atoms with Gasteiger partial charge in [-0.25, -0.2) is 4.98 Å². The van der Waals surface area contributed by atoms with Crippen LogP contribution in [0.5, 0.6) is 5.88 Å². The molecule has 1 aromatic heterocycles. The number of carbonyl (C=O) groups excluding carboxylic acids is 1. The van der Waals surface area contributed by atoms with Gasteiger partial charge in [0, 0.05) is 19.3 Å². The van der Waals surface area contributed by atoms with Crippen molar-refractivity contribution in [3.05, 3.63) is 17.8 Å². The molecule has 1 fully saturated rings. The Morgan fingerprint density at radius 2 is 2.12 bits per heavy atom. The minimum Gasteiger partial charge on any atom is -0.475 e. The van der Waals surface area contributed by atoms with Crippen molar-refractivity contribution in [3.63, 3.8) is 0 Å². The van der Waals surface area contributed by atoms with Gasteiger partial charge in [-0.3, -0.25) is 4.79 Å². The van der Waals surface area contributed by atoms with Gasteiger partial charge in [-0.15, -0.1) is 0 Å². The highest BCUT2D eigenvalue weighted by Crippen LogP contribution is 2.42. The Labute approximate surface area is 143 Å². The van der Waals surface area contributed by atoms with Crippen LogP contribution in [0.15, 0.2) is 12.3 Å². The second-order valence-electron chi connectivity index (χ2n) is 6.37. The summed E-state index contributed by atoms with van der Waals surface area (Å²) in [6.45, 7) is 7.37.